The van der Waals surface area contributed by atoms with E-state index in [0.29, 0.717) is 12.1 Å². The molecule has 0 aliphatic carbocycles. The first-order chi connectivity index (χ1) is 10.00. The summed E-state index contributed by atoms with van der Waals surface area (Å²) >= 11 is 0. The number of azide groups is 1. The van der Waals surface area contributed by atoms with Crippen molar-refractivity contribution in [1.82, 2.24) is 4.98 Å². The van der Waals surface area contributed by atoms with Crippen LogP contribution in [0.15, 0.2) is 29.6 Å². The fourth-order valence-electron chi connectivity index (χ4n) is 2.06. The van der Waals surface area contributed by atoms with Gasteiger partial charge in [0.15, 0.2) is 0 Å². The molecule has 1 aliphatic heterocycles. The van der Waals surface area contributed by atoms with Gasteiger partial charge >= 0.3 is 0 Å². The molecule has 1 N–H and O–H groups in total. The largest absolute Gasteiger partial charge is 0.762 e. The molecule has 1 aromatic heterocycles. The Morgan fingerprint density at radius 1 is 1.67 bits per heavy atom. The van der Waals surface area contributed by atoms with E-state index in [2.05, 4.69) is 20.1 Å². The fraction of sp³-hybridized carbons (Fsp3) is 0.545. The highest BCUT2D eigenvalue weighted by molar-refractivity contribution is 7.53. The van der Waals surface area contributed by atoms with Crippen molar-refractivity contribution in [3.05, 3.63) is 35.0 Å². The second-order valence-corrected chi connectivity index (χ2v) is 6.11. The molecule has 4 atom stereocenters. The van der Waals surface area contributed by atoms with Crippen molar-refractivity contribution in [2.75, 3.05) is 11.7 Å². The lowest BCUT2D eigenvalue weighted by Gasteiger charge is -2.26. The van der Waals surface area contributed by atoms with Gasteiger partial charge in [-0.2, -0.15) is 0 Å². The molecule has 1 aliphatic rings. The topological polar surface area (TPSA) is 132 Å². The van der Waals surface area contributed by atoms with E-state index in [1.165, 1.54) is 24.5 Å². The van der Waals surface area contributed by atoms with Crippen molar-refractivity contribution in [3.8, 4) is 0 Å². The summed E-state index contributed by atoms with van der Waals surface area (Å²) in [5.74, 6) is 0. The predicted molar refractivity (Wildman–Crippen MR) is 73.3 cm³/mol. The van der Waals surface area contributed by atoms with Crippen LogP contribution >= 0.6 is 7.75 Å². The van der Waals surface area contributed by atoms with Crippen LogP contribution in [0.3, 0.4) is 0 Å². The van der Waals surface area contributed by atoms with Gasteiger partial charge in [0.25, 0.3) is 0 Å². The maximum Gasteiger partial charge on any atom is 0.229 e. The van der Waals surface area contributed by atoms with E-state index in [1.807, 2.05) is 6.92 Å². The summed E-state index contributed by atoms with van der Waals surface area (Å²) in [4.78, 5) is 18.3. The summed E-state index contributed by atoms with van der Waals surface area (Å²) in [7, 11) is -4.27. The van der Waals surface area contributed by atoms with E-state index in [0.717, 1.165) is 0 Å². The van der Waals surface area contributed by atoms with Gasteiger partial charge in [0.1, 0.15) is 0 Å². The van der Waals surface area contributed by atoms with Crippen LogP contribution in [0.2, 0.25) is 0 Å². The highest BCUT2D eigenvalue weighted by atomic mass is 31.2. The molecule has 0 saturated carbocycles. The first kappa shape index (κ1) is 15.8. The average molecular weight is 312 g/mol. The van der Waals surface area contributed by atoms with E-state index in [-0.39, 0.29) is 12.7 Å². The number of nitrogens with one attached hydrogen (secondary N) is 1. The van der Waals surface area contributed by atoms with E-state index in [4.69, 9.17) is 14.8 Å². The quantitative estimate of drug-likeness (QED) is 0.369. The zero-order chi connectivity index (χ0) is 15.3. The third kappa shape index (κ3) is 4.70. The number of rotatable bonds is 6. The Morgan fingerprint density at radius 2 is 2.38 bits per heavy atom. The van der Waals surface area contributed by atoms with Gasteiger partial charge < -0.3 is 19.2 Å². The molecule has 0 aromatic carbocycles. The van der Waals surface area contributed by atoms with Gasteiger partial charge in [-0.05, 0) is 31.0 Å². The molecule has 9 nitrogen and oxygen atoms in total. The van der Waals surface area contributed by atoms with Gasteiger partial charge in [0, 0.05) is 23.0 Å². The smallest absolute Gasteiger partial charge is 0.229 e. The van der Waals surface area contributed by atoms with Gasteiger partial charge in [-0.15, -0.1) is 0 Å². The van der Waals surface area contributed by atoms with Gasteiger partial charge in [-0.25, -0.2) is 0 Å². The maximum absolute atomic E-state index is 11.8. The summed E-state index contributed by atoms with van der Waals surface area (Å²) < 4.78 is 22.2. The zero-order valence-electron chi connectivity index (χ0n) is 11.3. The Hall–Kier alpha value is -1.63. The normalized spacial score (nSPS) is 27.6. The molecule has 10 heteroatoms. The minimum absolute atomic E-state index is 0.103. The summed E-state index contributed by atoms with van der Waals surface area (Å²) in [6.45, 7) is 1.62. The second kappa shape index (κ2) is 6.89. The third-order valence-electron chi connectivity index (χ3n) is 2.96. The summed E-state index contributed by atoms with van der Waals surface area (Å²) in [6, 6.07) is 2.58. The number of hydrogen-bond donors (Lipinski definition) is 1. The van der Waals surface area contributed by atoms with Crippen LogP contribution in [0.5, 0.6) is 0 Å². The molecular formula is C11H15N5O4P-. The van der Waals surface area contributed by atoms with Crippen molar-refractivity contribution in [1.29, 1.82) is 0 Å². The average Bonchev–Trinajstić information content (AvgIpc) is 2.78. The first-order valence-corrected chi connectivity index (χ1v) is 7.88. The highest BCUT2D eigenvalue weighted by Crippen LogP contribution is 2.38. The molecule has 1 unspecified atom stereocenters. The van der Waals surface area contributed by atoms with Crippen molar-refractivity contribution < 1.29 is 18.7 Å². The minimum Gasteiger partial charge on any atom is -0.762 e. The number of nitrogens with zero attached hydrogens (tertiary/aromatic N) is 4. The first-order valence-electron chi connectivity index (χ1n) is 6.34. The molecule has 1 fully saturated rings. The van der Waals surface area contributed by atoms with E-state index >= 15 is 0 Å². The Morgan fingerprint density at radius 3 is 3.05 bits per heavy atom. The molecule has 0 spiro atoms. The van der Waals surface area contributed by atoms with E-state index in [9.17, 15) is 9.46 Å². The van der Waals surface area contributed by atoms with Crippen molar-refractivity contribution >= 4 is 13.4 Å². The zero-order valence-corrected chi connectivity index (χ0v) is 12.2. The summed E-state index contributed by atoms with van der Waals surface area (Å²) in [5, 5.41) is 5.87. The lowest BCUT2D eigenvalue weighted by molar-refractivity contribution is -0.198. The van der Waals surface area contributed by atoms with Crippen LogP contribution < -0.4 is 9.98 Å². The maximum atomic E-state index is 11.8. The number of aromatic nitrogens is 1. The molecule has 0 bridgehead atoms. The highest BCUT2D eigenvalue weighted by Gasteiger charge is 2.33. The Labute approximate surface area is 121 Å². The Bertz CT molecular complexity index is 565. The number of pyridine rings is 1. The van der Waals surface area contributed by atoms with Gasteiger partial charge in [0.05, 0.1) is 24.9 Å². The molecule has 114 valence electrons. The number of ether oxygens (including phenoxy) is 1. The van der Waals surface area contributed by atoms with Crippen LogP contribution in [-0.4, -0.2) is 29.8 Å². The summed E-state index contributed by atoms with van der Waals surface area (Å²) in [6.07, 6.45) is 2.79. The Balaban J connectivity index is 1.92. The van der Waals surface area contributed by atoms with Crippen molar-refractivity contribution in [3.63, 3.8) is 0 Å². The monoisotopic (exact) mass is 312 g/mol. The number of hydrogen-bond acceptors (Lipinski definition) is 6. The van der Waals surface area contributed by atoms with Gasteiger partial charge in [-0.3, -0.25) is 9.55 Å². The lowest BCUT2D eigenvalue weighted by atomic mass is 10.1. The van der Waals surface area contributed by atoms with Crippen molar-refractivity contribution in [2.45, 2.75) is 31.6 Å². The molecule has 21 heavy (non-hydrogen) atoms. The minimum atomic E-state index is -4.27. The third-order valence-corrected chi connectivity index (χ3v) is 3.99. The standard InChI is InChI=1S/C11H16N5O4P/c1-8-6-10(14-16-12)11(20-8)7-19-21(17,18)15-9-2-4-13-5-3-9/h2-5,8,10-11H,6-7H2,1H3,(H2,13,15,17,18)/p-1/t8-,10+,11+/m0/s1. The van der Waals surface area contributed by atoms with Crippen LogP contribution in [-0.2, 0) is 13.8 Å². The fourth-order valence-corrected chi connectivity index (χ4v) is 2.94. The van der Waals surface area contributed by atoms with Crippen molar-refractivity contribution in [2.24, 2.45) is 5.11 Å². The van der Waals surface area contributed by atoms with Gasteiger partial charge in [0.2, 0.25) is 7.75 Å². The van der Waals surface area contributed by atoms with Crippen LogP contribution in [0.25, 0.3) is 10.4 Å². The molecule has 1 aromatic rings. The summed E-state index contributed by atoms with van der Waals surface area (Å²) in [5.41, 5.74) is 8.84. The molecule has 0 radical (unpaired) electrons. The number of anilines is 1. The van der Waals surface area contributed by atoms with E-state index in [1.54, 1.807) is 0 Å². The van der Waals surface area contributed by atoms with Crippen LogP contribution in [0.4, 0.5) is 5.69 Å². The van der Waals surface area contributed by atoms with Crippen LogP contribution in [0, 0.1) is 0 Å². The predicted octanol–water partition coefficient (Wildman–Crippen LogP) is 1.83. The van der Waals surface area contributed by atoms with Gasteiger partial charge in [-0.1, -0.05) is 5.11 Å². The Kier molecular flexibility index (Phi) is 5.17. The molecule has 2 heterocycles. The molecule has 0 amide bonds. The van der Waals surface area contributed by atoms with E-state index < -0.39 is 19.9 Å². The van der Waals surface area contributed by atoms with Crippen LogP contribution in [0.1, 0.15) is 13.3 Å². The molecular weight excluding hydrogens is 297 g/mol. The SMILES string of the molecule is C[C@H]1C[C@@H](N=[N+]=[N-])[C@@H](COP(=O)([O-])Nc2ccncc2)O1. The molecule has 1 saturated heterocycles. The molecule has 2 rings (SSSR count). The second-order valence-electron chi connectivity index (χ2n) is 4.63. The lowest BCUT2D eigenvalue weighted by Crippen LogP contribution is -2.27.